The van der Waals surface area contributed by atoms with Crippen LogP contribution in [0, 0.1) is 17.7 Å². The highest BCUT2D eigenvalue weighted by Crippen LogP contribution is 2.38. The minimum Gasteiger partial charge on any atom is -0.380 e. The van der Waals surface area contributed by atoms with E-state index in [2.05, 4.69) is 24.5 Å². The molecule has 0 heterocycles. The van der Waals surface area contributed by atoms with Gasteiger partial charge in [-0.25, -0.2) is 4.39 Å². The molecule has 0 atom stereocenters. The highest BCUT2D eigenvalue weighted by molar-refractivity contribution is 6.30. The molecule has 5 heteroatoms. The molecule has 1 fully saturated rings. The summed E-state index contributed by atoms with van der Waals surface area (Å²) in [5.41, 5.74) is 1.63. The quantitative estimate of drug-likeness (QED) is 0.556. The van der Waals surface area contributed by atoms with Gasteiger partial charge in [0.1, 0.15) is 5.82 Å². The molecule has 2 aromatic rings. The minimum atomic E-state index is -0.327. The summed E-state index contributed by atoms with van der Waals surface area (Å²) >= 11 is 5.98. The molecule has 0 spiro atoms. The molecule has 3 rings (SSSR count). The van der Waals surface area contributed by atoms with Crippen LogP contribution < -0.4 is 10.6 Å². The van der Waals surface area contributed by atoms with Crippen molar-refractivity contribution >= 4 is 23.2 Å². The Kier molecular flexibility index (Phi) is 7.18. The Hall–Kier alpha value is -2.07. The molecule has 1 amide bonds. The number of hydrogen-bond donors (Lipinski definition) is 2. The van der Waals surface area contributed by atoms with E-state index in [0.29, 0.717) is 23.9 Å². The van der Waals surface area contributed by atoms with Gasteiger partial charge in [-0.3, -0.25) is 4.79 Å². The summed E-state index contributed by atoms with van der Waals surface area (Å²) in [7, 11) is 0. The molecule has 1 saturated carbocycles. The highest BCUT2D eigenvalue weighted by Gasteiger charge is 2.33. The van der Waals surface area contributed by atoms with Crippen LogP contribution in [0.1, 0.15) is 56.3 Å². The zero-order chi connectivity index (χ0) is 20.9. The Morgan fingerprint density at radius 2 is 1.66 bits per heavy atom. The number of anilines is 1. The molecule has 0 bridgehead atoms. The maximum atomic E-state index is 13.0. The first kappa shape index (κ1) is 21.6. The maximum absolute atomic E-state index is 13.0. The van der Waals surface area contributed by atoms with Crippen LogP contribution >= 0.6 is 11.6 Å². The number of carbonyl (C=O) groups excluding carboxylic acids is 1. The van der Waals surface area contributed by atoms with Gasteiger partial charge in [0.15, 0.2) is 0 Å². The number of hydrogen-bond acceptors (Lipinski definition) is 2. The fourth-order valence-corrected chi connectivity index (χ4v) is 4.40. The van der Waals surface area contributed by atoms with E-state index < -0.39 is 0 Å². The van der Waals surface area contributed by atoms with E-state index in [1.165, 1.54) is 49.9 Å². The summed E-state index contributed by atoms with van der Waals surface area (Å²) in [4.78, 5) is 12.1. The van der Waals surface area contributed by atoms with E-state index in [0.717, 1.165) is 17.1 Å². The molecular weight excluding hydrogens is 387 g/mol. The van der Waals surface area contributed by atoms with E-state index in [1.54, 1.807) is 0 Å². The second kappa shape index (κ2) is 9.62. The van der Waals surface area contributed by atoms with Crippen LogP contribution in [0.4, 0.5) is 10.1 Å². The summed E-state index contributed by atoms with van der Waals surface area (Å²) in [6.07, 6.45) is 5.73. The molecule has 0 radical (unpaired) electrons. The van der Waals surface area contributed by atoms with Gasteiger partial charge >= 0.3 is 0 Å². The molecule has 156 valence electrons. The van der Waals surface area contributed by atoms with Gasteiger partial charge in [-0.2, -0.15) is 0 Å². The van der Waals surface area contributed by atoms with Gasteiger partial charge in [-0.1, -0.05) is 24.4 Å². The van der Waals surface area contributed by atoms with Crippen LogP contribution in [-0.4, -0.2) is 18.0 Å². The third kappa shape index (κ3) is 6.20. The van der Waals surface area contributed by atoms with E-state index in [-0.39, 0.29) is 17.3 Å². The predicted octanol–water partition coefficient (Wildman–Crippen LogP) is 6.30. The zero-order valence-electron chi connectivity index (χ0n) is 17.2. The Bertz CT molecular complexity index is 797. The number of nitrogens with one attached hydrogen (secondary N) is 2. The lowest BCUT2D eigenvalue weighted by Crippen LogP contribution is -2.41. The van der Waals surface area contributed by atoms with Crippen LogP contribution in [0.15, 0.2) is 48.5 Å². The van der Waals surface area contributed by atoms with Gasteiger partial charge in [0.2, 0.25) is 0 Å². The largest absolute Gasteiger partial charge is 0.380 e. The van der Waals surface area contributed by atoms with E-state index >= 15 is 0 Å². The summed E-state index contributed by atoms with van der Waals surface area (Å²) < 4.78 is 13.0. The second-order valence-corrected chi connectivity index (χ2v) is 9.06. The van der Waals surface area contributed by atoms with Gasteiger partial charge in [-0.05, 0) is 93.5 Å². The molecule has 1 aliphatic carbocycles. The predicted molar refractivity (Wildman–Crippen MR) is 118 cm³/mol. The van der Waals surface area contributed by atoms with Crippen LogP contribution in [0.25, 0.3) is 0 Å². The van der Waals surface area contributed by atoms with Crippen molar-refractivity contribution in [1.29, 1.82) is 0 Å². The van der Waals surface area contributed by atoms with Gasteiger partial charge in [-0.15, -0.1) is 0 Å². The second-order valence-electron chi connectivity index (χ2n) is 8.62. The average molecular weight is 417 g/mol. The van der Waals surface area contributed by atoms with E-state index in [1.807, 2.05) is 24.3 Å². The summed E-state index contributed by atoms with van der Waals surface area (Å²) in [6, 6.07) is 13.6. The number of rotatable bonds is 7. The molecule has 2 N–H and O–H groups in total. The smallest absolute Gasteiger partial charge is 0.251 e. The van der Waals surface area contributed by atoms with Crippen molar-refractivity contribution in [3.8, 4) is 0 Å². The van der Waals surface area contributed by atoms with Crippen molar-refractivity contribution in [1.82, 2.24) is 5.32 Å². The number of amides is 1. The molecule has 0 unspecified atom stereocenters. The molecule has 0 saturated heterocycles. The lowest BCUT2D eigenvalue weighted by Gasteiger charge is -2.40. The fourth-order valence-electron chi connectivity index (χ4n) is 4.27. The number of benzene rings is 2. The molecule has 3 nitrogen and oxygen atoms in total. The van der Waals surface area contributed by atoms with Crippen molar-refractivity contribution < 1.29 is 9.18 Å². The van der Waals surface area contributed by atoms with Gasteiger partial charge < -0.3 is 10.6 Å². The van der Waals surface area contributed by atoms with Crippen molar-refractivity contribution in [3.63, 3.8) is 0 Å². The number of carbonyl (C=O) groups is 1. The molecule has 29 heavy (non-hydrogen) atoms. The van der Waals surface area contributed by atoms with Crippen molar-refractivity contribution in [2.45, 2.75) is 51.5 Å². The topological polar surface area (TPSA) is 41.1 Å². The van der Waals surface area contributed by atoms with Crippen molar-refractivity contribution in [2.24, 2.45) is 11.8 Å². The Morgan fingerprint density at radius 3 is 2.28 bits per heavy atom. The maximum Gasteiger partial charge on any atom is 0.251 e. The Balaban J connectivity index is 1.41. The standard InChI is InChI=1S/C24H30ClFN2O/c1-24(2,28-22-13-9-20(25)10-14-22)19-7-3-17(4-8-19)15-16-27-23(29)18-5-11-21(26)12-6-18/h5-6,9-14,17,19,28H,3-4,7-8,15-16H2,1-2H3,(H,27,29). The molecule has 0 aliphatic heterocycles. The molecule has 1 aliphatic rings. The first-order valence-electron chi connectivity index (χ1n) is 10.4. The van der Waals surface area contributed by atoms with Crippen molar-refractivity contribution in [3.05, 3.63) is 64.9 Å². The van der Waals surface area contributed by atoms with Gasteiger partial charge in [0, 0.05) is 28.4 Å². The van der Waals surface area contributed by atoms with E-state index in [9.17, 15) is 9.18 Å². The lowest BCUT2D eigenvalue weighted by atomic mass is 9.72. The summed E-state index contributed by atoms with van der Waals surface area (Å²) in [5.74, 6) is 0.799. The van der Waals surface area contributed by atoms with Gasteiger partial charge in [0.25, 0.3) is 5.91 Å². The van der Waals surface area contributed by atoms with Crippen LogP contribution in [0.2, 0.25) is 5.02 Å². The third-order valence-corrected chi connectivity index (χ3v) is 6.37. The fraction of sp³-hybridized carbons (Fsp3) is 0.458. The van der Waals surface area contributed by atoms with Crippen molar-refractivity contribution in [2.75, 3.05) is 11.9 Å². The third-order valence-electron chi connectivity index (χ3n) is 6.12. The van der Waals surface area contributed by atoms with E-state index in [4.69, 9.17) is 11.6 Å². The Morgan fingerprint density at radius 1 is 1.03 bits per heavy atom. The molecule has 0 aromatic heterocycles. The normalized spacial score (nSPS) is 19.6. The van der Waals surface area contributed by atoms with Crippen LogP contribution in [0.5, 0.6) is 0 Å². The molecule has 2 aromatic carbocycles. The monoisotopic (exact) mass is 416 g/mol. The van der Waals surface area contributed by atoms with Crippen LogP contribution in [0.3, 0.4) is 0 Å². The van der Waals surface area contributed by atoms with Gasteiger partial charge in [0.05, 0.1) is 0 Å². The summed E-state index contributed by atoms with van der Waals surface area (Å²) in [6.45, 7) is 5.21. The lowest BCUT2D eigenvalue weighted by molar-refractivity contribution is 0.0949. The minimum absolute atomic E-state index is 0.0234. The zero-order valence-corrected chi connectivity index (χ0v) is 17.9. The summed E-state index contributed by atoms with van der Waals surface area (Å²) in [5, 5.41) is 7.38. The average Bonchev–Trinajstić information content (AvgIpc) is 2.70. The highest BCUT2D eigenvalue weighted by atomic mass is 35.5. The SMILES string of the molecule is CC(C)(Nc1ccc(Cl)cc1)C1CCC(CCNC(=O)c2ccc(F)cc2)CC1. The Labute approximate surface area is 178 Å². The first-order chi connectivity index (χ1) is 13.8. The molecular formula is C24H30ClFN2O. The number of halogens is 2. The van der Waals surface area contributed by atoms with Crippen LogP contribution in [-0.2, 0) is 0 Å². The first-order valence-corrected chi connectivity index (χ1v) is 10.8.